The molecule has 0 spiro atoms. The second-order valence-corrected chi connectivity index (χ2v) is 9.76. The number of nitrogens with zero attached hydrogens (tertiary/aromatic N) is 2. The van der Waals surface area contributed by atoms with E-state index in [0.717, 1.165) is 42.8 Å². The van der Waals surface area contributed by atoms with E-state index in [1.807, 2.05) is 37.4 Å². The number of hydrogen-bond acceptors (Lipinski definition) is 7. The van der Waals surface area contributed by atoms with Gasteiger partial charge in [0.25, 0.3) is 0 Å². The van der Waals surface area contributed by atoms with Crippen molar-refractivity contribution in [3.8, 4) is 16.3 Å². The fourth-order valence-electron chi connectivity index (χ4n) is 4.99. The van der Waals surface area contributed by atoms with Crippen LogP contribution in [0.4, 0.5) is 5.88 Å². The van der Waals surface area contributed by atoms with Crippen LogP contribution in [0.3, 0.4) is 0 Å². The molecule has 0 aliphatic carbocycles. The summed E-state index contributed by atoms with van der Waals surface area (Å²) in [5.41, 5.74) is 9.99. The van der Waals surface area contributed by atoms with Crippen LogP contribution in [0.1, 0.15) is 54.6 Å². The molecule has 0 unspecified atom stereocenters. The number of aromatic hydroxyl groups is 1. The summed E-state index contributed by atoms with van der Waals surface area (Å²) in [5, 5.41) is 14.3. The zero-order chi connectivity index (χ0) is 23.8. The predicted molar refractivity (Wildman–Crippen MR) is 137 cm³/mol. The number of likely N-dealkylation sites (tertiary alicyclic amines) is 1. The number of aromatic nitrogens is 1. The van der Waals surface area contributed by atoms with E-state index < -0.39 is 0 Å². The van der Waals surface area contributed by atoms with Crippen molar-refractivity contribution in [3.63, 3.8) is 0 Å². The first-order valence-electron chi connectivity index (χ1n) is 11.8. The number of nitrogens with two attached hydrogens (primary N) is 1. The van der Waals surface area contributed by atoms with Gasteiger partial charge >= 0.3 is 0 Å². The molecule has 3 heterocycles. The van der Waals surface area contributed by atoms with Crippen molar-refractivity contribution in [2.45, 2.75) is 45.6 Å². The lowest BCUT2D eigenvalue weighted by atomic mass is 9.90. The van der Waals surface area contributed by atoms with Crippen LogP contribution in [-0.2, 0) is 6.42 Å². The Kier molecular flexibility index (Phi) is 6.15. The summed E-state index contributed by atoms with van der Waals surface area (Å²) in [6, 6.07) is 11.6. The summed E-state index contributed by atoms with van der Waals surface area (Å²) in [6.07, 6.45) is 3.97. The second kappa shape index (κ2) is 9.24. The van der Waals surface area contributed by atoms with E-state index in [1.54, 1.807) is 6.07 Å². The zero-order valence-corrected chi connectivity index (χ0v) is 20.3. The number of fused-ring (bicyclic) bond motifs is 1. The number of thiazole rings is 1. The van der Waals surface area contributed by atoms with E-state index in [1.165, 1.54) is 17.8 Å². The number of aryl methyl sites for hydroxylation is 2. The number of rotatable bonds is 5. The number of phenolic OH excluding ortho intramolecular Hbond substituents is 1. The Hall–Kier alpha value is -3.16. The molecule has 4 aromatic rings. The lowest BCUT2D eigenvalue weighted by Crippen LogP contribution is -2.34. The van der Waals surface area contributed by atoms with Crippen molar-refractivity contribution < 1.29 is 9.52 Å². The van der Waals surface area contributed by atoms with Gasteiger partial charge in [-0.05, 0) is 56.5 Å². The molecule has 2 aromatic carbocycles. The molecule has 176 valence electrons. The van der Waals surface area contributed by atoms with E-state index in [2.05, 4.69) is 22.0 Å². The highest BCUT2D eigenvalue weighted by Crippen LogP contribution is 2.43. The molecule has 1 aliphatic rings. The molecule has 1 atom stereocenters. The third-order valence-corrected chi connectivity index (χ3v) is 7.63. The number of hydrogen-bond donors (Lipinski definition) is 2. The van der Waals surface area contributed by atoms with Gasteiger partial charge in [-0.2, -0.15) is 0 Å². The Balaban J connectivity index is 1.83. The molecule has 0 saturated carbocycles. The summed E-state index contributed by atoms with van der Waals surface area (Å²) < 4.78 is 6.20. The van der Waals surface area contributed by atoms with Crippen LogP contribution in [0, 0.1) is 6.92 Å². The molecule has 7 heteroatoms. The van der Waals surface area contributed by atoms with Crippen molar-refractivity contribution in [1.29, 1.82) is 0 Å². The minimum Gasteiger partial charge on any atom is -0.507 e. The molecule has 0 amide bonds. The maximum atomic E-state index is 13.8. The van der Waals surface area contributed by atoms with E-state index in [9.17, 15) is 9.90 Å². The number of nitrogen functional groups attached to an aromatic ring is 1. The monoisotopic (exact) mass is 475 g/mol. The molecule has 5 rings (SSSR count). The Morgan fingerprint density at radius 2 is 1.94 bits per heavy atom. The Bertz CT molecular complexity index is 1390. The van der Waals surface area contributed by atoms with E-state index in [4.69, 9.17) is 10.2 Å². The van der Waals surface area contributed by atoms with Crippen LogP contribution < -0.4 is 11.2 Å². The average Bonchev–Trinajstić information content (AvgIpc) is 3.27. The second-order valence-electron chi connectivity index (χ2n) is 8.90. The molecule has 0 bridgehead atoms. The fourth-order valence-corrected chi connectivity index (χ4v) is 5.83. The van der Waals surface area contributed by atoms with Crippen molar-refractivity contribution in [2.24, 2.45) is 0 Å². The summed E-state index contributed by atoms with van der Waals surface area (Å²) in [7, 11) is 0. The minimum absolute atomic E-state index is 0.0298. The van der Waals surface area contributed by atoms with Gasteiger partial charge in [-0.15, -0.1) is 11.3 Å². The first-order chi connectivity index (χ1) is 16.5. The highest BCUT2D eigenvalue weighted by molar-refractivity contribution is 7.13. The van der Waals surface area contributed by atoms with Crippen molar-refractivity contribution >= 4 is 28.2 Å². The van der Waals surface area contributed by atoms with Gasteiger partial charge in [-0.1, -0.05) is 43.7 Å². The van der Waals surface area contributed by atoms with Crippen LogP contribution in [0.25, 0.3) is 21.5 Å². The molecular formula is C27H29N3O3S. The molecule has 6 nitrogen and oxygen atoms in total. The number of phenols is 1. The summed E-state index contributed by atoms with van der Waals surface area (Å²) in [4.78, 5) is 20.6. The molecule has 2 aromatic heterocycles. The van der Waals surface area contributed by atoms with Crippen LogP contribution in [-0.4, -0.2) is 28.1 Å². The molecular weight excluding hydrogens is 446 g/mol. The molecule has 1 fully saturated rings. The van der Waals surface area contributed by atoms with Gasteiger partial charge in [0, 0.05) is 11.1 Å². The van der Waals surface area contributed by atoms with Gasteiger partial charge in [0.1, 0.15) is 21.9 Å². The third kappa shape index (κ3) is 3.89. The maximum Gasteiger partial charge on any atom is 0.205 e. The molecule has 0 radical (unpaired) electrons. The topological polar surface area (TPSA) is 92.6 Å². The van der Waals surface area contributed by atoms with Crippen molar-refractivity contribution in [1.82, 2.24) is 9.88 Å². The summed E-state index contributed by atoms with van der Waals surface area (Å²) >= 11 is 1.37. The lowest BCUT2D eigenvalue weighted by Gasteiger charge is -2.36. The lowest BCUT2D eigenvalue weighted by molar-refractivity contribution is 0.185. The van der Waals surface area contributed by atoms with Crippen LogP contribution in [0.15, 0.2) is 51.0 Å². The summed E-state index contributed by atoms with van der Waals surface area (Å²) in [5.74, 6) is 0.206. The van der Waals surface area contributed by atoms with E-state index in [0.29, 0.717) is 33.5 Å². The zero-order valence-electron chi connectivity index (χ0n) is 19.5. The van der Waals surface area contributed by atoms with Crippen molar-refractivity contribution in [3.05, 3.63) is 74.4 Å². The normalized spacial score (nSPS) is 15.6. The van der Waals surface area contributed by atoms with E-state index >= 15 is 0 Å². The minimum atomic E-state index is -0.244. The van der Waals surface area contributed by atoms with Crippen LogP contribution >= 0.6 is 11.3 Å². The molecule has 1 aliphatic heterocycles. The first-order valence-corrected chi connectivity index (χ1v) is 12.7. The van der Waals surface area contributed by atoms with Gasteiger partial charge in [0.2, 0.25) is 11.3 Å². The Morgan fingerprint density at radius 3 is 2.59 bits per heavy atom. The van der Waals surface area contributed by atoms with Crippen molar-refractivity contribution in [2.75, 3.05) is 18.8 Å². The SMILES string of the molecule is CCc1cc2c(=O)c(-c3nc(C)cs3)c(N)oc2c([C@@H](c2ccccc2)N2CCCCC2)c1O. The number of anilines is 1. The smallest absolute Gasteiger partial charge is 0.205 e. The van der Waals surface area contributed by atoms with Gasteiger partial charge in [-0.3, -0.25) is 9.69 Å². The standard InChI is InChI=1S/C27H29N3O3S/c1-3-17-14-19-24(32)21(27-29-16(2)15-34-27)26(28)33-25(19)20(23(17)31)22(18-10-6-4-7-11-18)30-12-8-5-9-13-30/h4,6-7,10-11,14-15,22,31H,3,5,8-9,12-13,28H2,1-2H3/t22-/m1/s1. The highest BCUT2D eigenvalue weighted by atomic mass is 32.1. The van der Waals surface area contributed by atoms with Gasteiger partial charge < -0.3 is 15.3 Å². The van der Waals surface area contributed by atoms with Crippen LogP contribution in [0.5, 0.6) is 5.75 Å². The molecule has 1 saturated heterocycles. The first kappa shape index (κ1) is 22.6. The molecule has 3 N–H and O–H groups in total. The maximum absolute atomic E-state index is 13.8. The molecule has 34 heavy (non-hydrogen) atoms. The van der Waals surface area contributed by atoms with Gasteiger partial charge in [0.05, 0.1) is 17.0 Å². The van der Waals surface area contributed by atoms with Gasteiger partial charge in [0.15, 0.2) is 0 Å². The quantitative estimate of drug-likeness (QED) is 0.387. The number of benzene rings is 2. The summed E-state index contributed by atoms with van der Waals surface area (Å²) in [6.45, 7) is 5.68. The Labute approximate surface area is 202 Å². The third-order valence-electron chi connectivity index (χ3n) is 6.66. The Morgan fingerprint density at radius 1 is 1.21 bits per heavy atom. The predicted octanol–water partition coefficient (Wildman–Crippen LogP) is 5.65. The largest absolute Gasteiger partial charge is 0.507 e. The fraction of sp³-hybridized carbons (Fsp3) is 0.333. The van der Waals surface area contributed by atoms with E-state index in [-0.39, 0.29) is 23.1 Å². The van der Waals surface area contributed by atoms with Crippen LogP contribution in [0.2, 0.25) is 0 Å². The van der Waals surface area contributed by atoms with Gasteiger partial charge in [-0.25, -0.2) is 4.98 Å². The average molecular weight is 476 g/mol. The highest BCUT2D eigenvalue weighted by Gasteiger charge is 2.32. The number of piperidine rings is 1.